The van der Waals surface area contributed by atoms with Gasteiger partial charge in [-0.3, -0.25) is 5.43 Å². The number of amidine groups is 1. The highest BCUT2D eigenvalue weighted by molar-refractivity contribution is 6.38. The van der Waals surface area contributed by atoms with Crippen molar-refractivity contribution in [2.75, 3.05) is 13.2 Å². The molecule has 0 saturated heterocycles. The molecule has 0 fully saturated rings. The molecule has 2 aromatic rings. The molecule has 0 unspecified atom stereocenters. The van der Waals surface area contributed by atoms with Crippen molar-refractivity contribution in [1.29, 1.82) is 0 Å². The van der Waals surface area contributed by atoms with Crippen LogP contribution in [0.2, 0.25) is 0 Å². The fraction of sp³-hybridized carbons (Fsp3) is 0.111. The van der Waals surface area contributed by atoms with Gasteiger partial charge in [-0.2, -0.15) is 5.10 Å². The minimum atomic E-state index is 0.568. The number of hydrazone groups is 1. The first-order valence-electron chi connectivity index (χ1n) is 7.52. The molecule has 2 aromatic carbocycles. The quantitative estimate of drug-likeness (QED) is 0.881. The second kappa shape index (κ2) is 4.71. The first kappa shape index (κ1) is 12.5. The molecule has 2 heterocycles. The van der Waals surface area contributed by atoms with Gasteiger partial charge in [-0.1, -0.05) is 24.3 Å². The van der Waals surface area contributed by atoms with Crippen LogP contribution in [0.4, 0.5) is 5.69 Å². The molecule has 0 spiro atoms. The van der Waals surface area contributed by atoms with E-state index in [1.54, 1.807) is 0 Å². The third-order valence-electron chi connectivity index (χ3n) is 4.07. The Morgan fingerprint density at radius 2 is 1.87 bits per heavy atom. The van der Waals surface area contributed by atoms with Gasteiger partial charge in [0.25, 0.3) is 0 Å². The fourth-order valence-corrected chi connectivity index (χ4v) is 2.99. The molecular weight excluding hydrogens is 290 g/mol. The molecule has 5 nitrogen and oxygen atoms in total. The summed E-state index contributed by atoms with van der Waals surface area (Å²) in [6.45, 7) is 1.16. The van der Waals surface area contributed by atoms with Crippen LogP contribution < -0.4 is 14.9 Å². The summed E-state index contributed by atoms with van der Waals surface area (Å²) >= 11 is 0. The molecule has 0 saturated carbocycles. The van der Waals surface area contributed by atoms with Crippen LogP contribution in [0.1, 0.15) is 11.1 Å². The molecule has 5 rings (SSSR count). The van der Waals surface area contributed by atoms with Crippen molar-refractivity contribution in [1.82, 2.24) is 5.43 Å². The second-order valence-corrected chi connectivity index (χ2v) is 5.51. The standard InChI is InChI=1S/C18H13N3O2/c1-2-4-13-11(3-1)9-14-17(13)20-21-18(14)19-12-5-6-15-16(10-12)23-8-7-22-15/h1-6,9-10H,7-8H2,(H,19,21). The Balaban J connectivity index is 1.51. The molecule has 0 atom stereocenters. The van der Waals surface area contributed by atoms with Gasteiger partial charge in [0.05, 0.1) is 5.69 Å². The topological polar surface area (TPSA) is 55.2 Å². The zero-order valence-corrected chi connectivity index (χ0v) is 12.2. The van der Waals surface area contributed by atoms with E-state index in [1.165, 1.54) is 5.56 Å². The molecule has 23 heavy (non-hydrogen) atoms. The average Bonchev–Trinajstić information content (AvgIpc) is 3.15. The highest BCUT2D eigenvalue weighted by Gasteiger charge is 2.28. The number of hydrogen-bond acceptors (Lipinski definition) is 4. The summed E-state index contributed by atoms with van der Waals surface area (Å²) < 4.78 is 11.1. The number of rotatable bonds is 1. The van der Waals surface area contributed by atoms with Gasteiger partial charge in [-0.25, -0.2) is 4.99 Å². The Morgan fingerprint density at radius 1 is 1.00 bits per heavy atom. The third kappa shape index (κ3) is 1.93. The number of nitrogens with zero attached hydrogens (tertiary/aromatic N) is 2. The van der Waals surface area contributed by atoms with E-state index in [4.69, 9.17) is 9.47 Å². The molecule has 1 aliphatic carbocycles. The molecule has 0 bridgehead atoms. The number of aliphatic imine (C=N–C) groups is 1. The van der Waals surface area contributed by atoms with E-state index in [0.717, 1.165) is 39.9 Å². The van der Waals surface area contributed by atoms with E-state index in [9.17, 15) is 0 Å². The number of fused-ring (bicyclic) bond motifs is 4. The van der Waals surface area contributed by atoms with Gasteiger partial charge < -0.3 is 9.47 Å². The van der Waals surface area contributed by atoms with Gasteiger partial charge in [0, 0.05) is 17.2 Å². The van der Waals surface area contributed by atoms with Crippen LogP contribution >= 0.6 is 0 Å². The predicted molar refractivity (Wildman–Crippen MR) is 88.6 cm³/mol. The summed E-state index contributed by atoms with van der Waals surface area (Å²) in [6.07, 6.45) is 2.12. The van der Waals surface area contributed by atoms with Crippen molar-refractivity contribution < 1.29 is 9.47 Å². The zero-order valence-electron chi connectivity index (χ0n) is 12.2. The average molecular weight is 303 g/mol. The molecule has 0 amide bonds. The minimum Gasteiger partial charge on any atom is -0.486 e. The van der Waals surface area contributed by atoms with Crippen LogP contribution in [0.25, 0.3) is 6.08 Å². The SMILES string of the molecule is C1=C2C(=Nc3ccc4c(c3)OCCO4)NN=C2c2ccccc21. The normalized spacial score (nSPS) is 18.9. The Kier molecular flexibility index (Phi) is 2.55. The molecule has 5 heteroatoms. The first-order valence-corrected chi connectivity index (χ1v) is 7.52. The summed E-state index contributed by atoms with van der Waals surface area (Å²) in [5, 5.41) is 4.42. The molecule has 1 N–H and O–H groups in total. The molecule has 3 aliphatic rings. The van der Waals surface area contributed by atoms with E-state index in [1.807, 2.05) is 30.3 Å². The highest BCUT2D eigenvalue weighted by Crippen LogP contribution is 2.35. The predicted octanol–water partition coefficient (Wildman–Crippen LogP) is 2.89. The number of benzene rings is 2. The number of hydrogen-bond donors (Lipinski definition) is 1. The molecule has 0 aromatic heterocycles. The third-order valence-corrected chi connectivity index (χ3v) is 4.07. The summed E-state index contributed by atoms with van der Waals surface area (Å²) in [5.41, 5.74) is 8.14. The van der Waals surface area contributed by atoms with E-state index in [2.05, 4.69) is 33.7 Å². The van der Waals surface area contributed by atoms with Crippen LogP contribution in [-0.2, 0) is 0 Å². The maximum absolute atomic E-state index is 5.61. The Morgan fingerprint density at radius 3 is 2.83 bits per heavy atom. The van der Waals surface area contributed by atoms with E-state index in [-0.39, 0.29) is 0 Å². The van der Waals surface area contributed by atoms with Crippen molar-refractivity contribution in [3.8, 4) is 11.5 Å². The number of ether oxygens (including phenoxy) is 2. The number of nitrogens with one attached hydrogen (secondary N) is 1. The van der Waals surface area contributed by atoms with Gasteiger partial charge in [-0.05, 0) is 23.8 Å². The lowest BCUT2D eigenvalue weighted by atomic mass is 10.1. The van der Waals surface area contributed by atoms with Gasteiger partial charge in [0.1, 0.15) is 18.9 Å². The largest absolute Gasteiger partial charge is 0.486 e. The molecule has 2 aliphatic heterocycles. The Labute approximate surface area is 133 Å². The monoisotopic (exact) mass is 303 g/mol. The summed E-state index contributed by atoms with van der Waals surface area (Å²) in [4.78, 5) is 4.68. The van der Waals surface area contributed by atoms with Crippen molar-refractivity contribution >= 4 is 23.3 Å². The summed E-state index contributed by atoms with van der Waals surface area (Å²) in [6, 6.07) is 13.9. The minimum absolute atomic E-state index is 0.568. The van der Waals surface area contributed by atoms with Crippen molar-refractivity contribution in [2.24, 2.45) is 10.1 Å². The van der Waals surface area contributed by atoms with E-state index < -0.39 is 0 Å². The van der Waals surface area contributed by atoms with Crippen LogP contribution in [0.3, 0.4) is 0 Å². The maximum Gasteiger partial charge on any atom is 0.163 e. The highest BCUT2D eigenvalue weighted by atomic mass is 16.6. The smallest absolute Gasteiger partial charge is 0.163 e. The fourth-order valence-electron chi connectivity index (χ4n) is 2.99. The van der Waals surface area contributed by atoms with Crippen LogP contribution in [0.15, 0.2) is 58.1 Å². The summed E-state index contributed by atoms with van der Waals surface area (Å²) in [7, 11) is 0. The van der Waals surface area contributed by atoms with Crippen molar-refractivity contribution in [3.63, 3.8) is 0 Å². The zero-order chi connectivity index (χ0) is 15.2. The second-order valence-electron chi connectivity index (χ2n) is 5.51. The van der Waals surface area contributed by atoms with Gasteiger partial charge in [0.2, 0.25) is 0 Å². The molecule has 112 valence electrons. The Hall–Kier alpha value is -3.08. The maximum atomic E-state index is 5.61. The van der Waals surface area contributed by atoms with E-state index >= 15 is 0 Å². The lowest BCUT2D eigenvalue weighted by molar-refractivity contribution is 0.171. The van der Waals surface area contributed by atoms with Crippen LogP contribution in [0.5, 0.6) is 11.5 Å². The summed E-state index contributed by atoms with van der Waals surface area (Å²) in [5.74, 6) is 2.26. The van der Waals surface area contributed by atoms with Gasteiger partial charge in [0.15, 0.2) is 17.3 Å². The van der Waals surface area contributed by atoms with Gasteiger partial charge >= 0.3 is 0 Å². The molecular formula is C18H13N3O2. The van der Waals surface area contributed by atoms with Crippen LogP contribution in [-0.4, -0.2) is 24.8 Å². The van der Waals surface area contributed by atoms with Crippen molar-refractivity contribution in [3.05, 3.63) is 59.2 Å². The van der Waals surface area contributed by atoms with Crippen LogP contribution in [0, 0.1) is 0 Å². The van der Waals surface area contributed by atoms with Gasteiger partial charge in [-0.15, -0.1) is 0 Å². The lowest BCUT2D eigenvalue weighted by Crippen LogP contribution is -2.15. The lowest BCUT2D eigenvalue weighted by Gasteiger charge is -2.18. The molecule has 0 radical (unpaired) electrons. The Bertz CT molecular complexity index is 912. The van der Waals surface area contributed by atoms with Crippen molar-refractivity contribution in [2.45, 2.75) is 0 Å². The van der Waals surface area contributed by atoms with E-state index in [0.29, 0.717) is 13.2 Å². The first-order chi connectivity index (χ1) is 11.4.